The van der Waals surface area contributed by atoms with Crippen LogP contribution in [-0.4, -0.2) is 54.3 Å². The Hall–Kier alpha value is -2.44. The Morgan fingerprint density at radius 3 is 2.39 bits per heavy atom. The Bertz CT molecular complexity index is 849. The second kappa shape index (κ2) is 9.17. The zero-order valence-corrected chi connectivity index (χ0v) is 16.5. The van der Waals surface area contributed by atoms with Crippen molar-refractivity contribution in [2.45, 2.75) is 13.3 Å². The van der Waals surface area contributed by atoms with Crippen LogP contribution in [0.3, 0.4) is 0 Å². The van der Waals surface area contributed by atoms with Crippen LogP contribution in [0, 0.1) is 12.7 Å². The molecule has 5 nitrogen and oxygen atoms in total. The Balaban J connectivity index is 1.44. The molecule has 0 saturated carbocycles. The van der Waals surface area contributed by atoms with Crippen LogP contribution in [0.25, 0.3) is 0 Å². The molecule has 1 aliphatic rings. The van der Waals surface area contributed by atoms with E-state index in [9.17, 15) is 14.0 Å². The van der Waals surface area contributed by atoms with E-state index in [0.717, 1.165) is 11.1 Å². The van der Waals surface area contributed by atoms with Crippen molar-refractivity contribution in [2.75, 3.05) is 38.0 Å². The van der Waals surface area contributed by atoms with E-state index in [4.69, 9.17) is 11.6 Å². The van der Waals surface area contributed by atoms with Crippen LogP contribution in [0.15, 0.2) is 42.5 Å². The highest BCUT2D eigenvalue weighted by Gasteiger charge is 2.22. The molecule has 2 aromatic rings. The van der Waals surface area contributed by atoms with E-state index in [0.29, 0.717) is 36.9 Å². The minimum absolute atomic E-state index is 0.0185. The van der Waals surface area contributed by atoms with Crippen LogP contribution >= 0.6 is 11.6 Å². The lowest BCUT2D eigenvalue weighted by atomic mass is 10.1. The number of halogens is 2. The molecule has 7 heteroatoms. The average Bonchev–Trinajstić information content (AvgIpc) is 2.67. The van der Waals surface area contributed by atoms with Gasteiger partial charge in [-0.1, -0.05) is 29.8 Å². The van der Waals surface area contributed by atoms with Crippen LogP contribution in [0.2, 0.25) is 5.02 Å². The van der Waals surface area contributed by atoms with Crippen LogP contribution < -0.4 is 5.32 Å². The van der Waals surface area contributed by atoms with Crippen LogP contribution in [0.4, 0.5) is 10.1 Å². The summed E-state index contributed by atoms with van der Waals surface area (Å²) in [7, 11) is 0. The van der Waals surface area contributed by atoms with Crippen LogP contribution in [0.1, 0.15) is 11.1 Å². The zero-order valence-electron chi connectivity index (χ0n) is 15.8. The first-order valence-electron chi connectivity index (χ1n) is 9.21. The topological polar surface area (TPSA) is 52.7 Å². The molecule has 2 aromatic carbocycles. The number of hydrogen-bond donors (Lipinski definition) is 1. The van der Waals surface area contributed by atoms with Crippen LogP contribution in [-0.2, 0) is 16.0 Å². The molecular formula is C21H23ClFN3O2. The first-order valence-corrected chi connectivity index (χ1v) is 9.59. The van der Waals surface area contributed by atoms with Crippen molar-refractivity contribution < 1.29 is 14.0 Å². The molecule has 0 unspecified atom stereocenters. The maximum absolute atomic E-state index is 13.0. The van der Waals surface area contributed by atoms with Crippen molar-refractivity contribution in [2.24, 2.45) is 0 Å². The predicted molar refractivity (Wildman–Crippen MR) is 108 cm³/mol. The van der Waals surface area contributed by atoms with Crippen molar-refractivity contribution in [1.29, 1.82) is 0 Å². The number of rotatable bonds is 5. The van der Waals surface area contributed by atoms with Gasteiger partial charge in [0.15, 0.2) is 0 Å². The summed E-state index contributed by atoms with van der Waals surface area (Å²) >= 11 is 6.08. The highest BCUT2D eigenvalue weighted by Crippen LogP contribution is 2.20. The zero-order chi connectivity index (χ0) is 20.1. The van der Waals surface area contributed by atoms with Gasteiger partial charge < -0.3 is 10.2 Å². The second-order valence-electron chi connectivity index (χ2n) is 6.97. The summed E-state index contributed by atoms with van der Waals surface area (Å²) in [5.41, 5.74) is 2.43. The number of carbonyl (C=O) groups excluding carboxylic acids is 2. The predicted octanol–water partition coefficient (Wildman–Crippen LogP) is 3.11. The molecule has 28 heavy (non-hydrogen) atoms. The van der Waals surface area contributed by atoms with Crippen LogP contribution in [0.5, 0.6) is 0 Å². The maximum atomic E-state index is 13.0. The molecule has 0 spiro atoms. The molecular weight excluding hydrogens is 381 g/mol. The fourth-order valence-corrected chi connectivity index (χ4v) is 3.30. The molecule has 0 bridgehead atoms. The number of hydrogen-bond acceptors (Lipinski definition) is 3. The minimum Gasteiger partial charge on any atom is -0.340 e. The number of carbonyl (C=O) groups is 2. The molecule has 2 amide bonds. The van der Waals surface area contributed by atoms with Crippen molar-refractivity contribution in [3.8, 4) is 0 Å². The van der Waals surface area contributed by atoms with Gasteiger partial charge in [-0.05, 0) is 42.3 Å². The van der Waals surface area contributed by atoms with Gasteiger partial charge in [0.1, 0.15) is 5.82 Å². The highest BCUT2D eigenvalue weighted by molar-refractivity contribution is 6.31. The summed E-state index contributed by atoms with van der Waals surface area (Å²) < 4.78 is 13.0. The van der Waals surface area contributed by atoms with Crippen molar-refractivity contribution in [3.05, 3.63) is 64.4 Å². The van der Waals surface area contributed by atoms with E-state index in [1.165, 1.54) is 12.1 Å². The molecule has 1 saturated heterocycles. The van der Waals surface area contributed by atoms with E-state index < -0.39 is 0 Å². The summed E-state index contributed by atoms with van der Waals surface area (Å²) in [6, 6.07) is 11.4. The summed E-state index contributed by atoms with van der Waals surface area (Å²) in [6.07, 6.45) is 0.259. The molecule has 0 aliphatic carbocycles. The molecule has 3 rings (SSSR count). The Morgan fingerprint density at radius 2 is 1.75 bits per heavy atom. The third-order valence-electron chi connectivity index (χ3n) is 4.82. The van der Waals surface area contributed by atoms with E-state index in [-0.39, 0.29) is 30.6 Å². The van der Waals surface area contributed by atoms with E-state index in [2.05, 4.69) is 5.32 Å². The smallest absolute Gasteiger partial charge is 0.238 e. The van der Waals surface area contributed by atoms with E-state index in [1.54, 1.807) is 23.1 Å². The fraction of sp³-hybridized carbons (Fsp3) is 0.333. The van der Waals surface area contributed by atoms with Gasteiger partial charge in [-0.25, -0.2) is 4.39 Å². The number of anilines is 1. The Labute approximate surface area is 169 Å². The number of benzene rings is 2. The monoisotopic (exact) mass is 403 g/mol. The molecule has 1 aliphatic heterocycles. The molecule has 1 fully saturated rings. The molecule has 0 aromatic heterocycles. The standard InChI is InChI=1S/C21H23ClFN3O2/c1-15-2-7-18(13-19(15)22)24-20(27)14-25-8-10-26(11-9-25)21(28)12-16-3-5-17(23)6-4-16/h2-7,13H,8-12,14H2,1H3,(H,24,27). The number of amides is 2. The molecule has 0 radical (unpaired) electrons. The molecule has 1 heterocycles. The van der Waals surface area contributed by atoms with Gasteiger partial charge in [0.2, 0.25) is 11.8 Å². The number of nitrogens with zero attached hydrogens (tertiary/aromatic N) is 2. The minimum atomic E-state index is -0.309. The summed E-state index contributed by atoms with van der Waals surface area (Å²) in [5.74, 6) is -0.396. The normalized spacial score (nSPS) is 14.8. The first-order chi connectivity index (χ1) is 13.4. The maximum Gasteiger partial charge on any atom is 0.238 e. The second-order valence-corrected chi connectivity index (χ2v) is 7.38. The first kappa shape index (κ1) is 20.3. The largest absolute Gasteiger partial charge is 0.340 e. The Kier molecular flexibility index (Phi) is 6.65. The summed E-state index contributed by atoms with van der Waals surface area (Å²) in [4.78, 5) is 28.5. The van der Waals surface area contributed by atoms with E-state index in [1.807, 2.05) is 24.0 Å². The lowest BCUT2D eigenvalue weighted by Crippen LogP contribution is -2.50. The van der Waals surface area contributed by atoms with Gasteiger partial charge in [0.25, 0.3) is 0 Å². The van der Waals surface area contributed by atoms with Gasteiger partial charge in [-0.2, -0.15) is 0 Å². The van der Waals surface area contributed by atoms with Gasteiger partial charge in [0, 0.05) is 36.9 Å². The van der Waals surface area contributed by atoms with Crippen molar-refractivity contribution >= 4 is 29.1 Å². The van der Waals surface area contributed by atoms with Gasteiger partial charge >= 0.3 is 0 Å². The molecule has 148 valence electrons. The molecule has 1 N–H and O–H groups in total. The van der Waals surface area contributed by atoms with Crippen molar-refractivity contribution in [1.82, 2.24) is 9.80 Å². The average molecular weight is 404 g/mol. The SMILES string of the molecule is Cc1ccc(NC(=O)CN2CCN(C(=O)Cc3ccc(F)cc3)CC2)cc1Cl. The van der Waals surface area contributed by atoms with E-state index >= 15 is 0 Å². The third-order valence-corrected chi connectivity index (χ3v) is 5.22. The van der Waals surface area contributed by atoms with Gasteiger partial charge in [-0.3, -0.25) is 14.5 Å². The number of piperazine rings is 1. The van der Waals surface area contributed by atoms with Gasteiger partial charge in [-0.15, -0.1) is 0 Å². The van der Waals surface area contributed by atoms with Gasteiger partial charge in [0.05, 0.1) is 13.0 Å². The lowest BCUT2D eigenvalue weighted by Gasteiger charge is -2.34. The fourth-order valence-electron chi connectivity index (χ4n) is 3.12. The molecule has 0 atom stereocenters. The third kappa shape index (κ3) is 5.53. The number of aryl methyl sites for hydroxylation is 1. The Morgan fingerprint density at radius 1 is 1.07 bits per heavy atom. The van der Waals surface area contributed by atoms with Crippen molar-refractivity contribution in [3.63, 3.8) is 0 Å². The highest BCUT2D eigenvalue weighted by atomic mass is 35.5. The summed E-state index contributed by atoms with van der Waals surface area (Å²) in [6.45, 7) is 4.60. The quantitative estimate of drug-likeness (QED) is 0.834. The lowest BCUT2D eigenvalue weighted by molar-refractivity contribution is -0.132. The summed E-state index contributed by atoms with van der Waals surface area (Å²) in [5, 5.41) is 3.47. The number of nitrogens with one attached hydrogen (secondary N) is 1.